The minimum atomic E-state index is -1.25. The molecule has 2 rings (SSSR count). The molecule has 1 heterocycles. The van der Waals surface area contributed by atoms with E-state index in [1.54, 1.807) is 0 Å². The van der Waals surface area contributed by atoms with E-state index in [-0.39, 0.29) is 5.02 Å². The van der Waals surface area contributed by atoms with E-state index in [2.05, 4.69) is 5.10 Å². The molecule has 0 bridgehead atoms. The molecule has 1 atom stereocenters. The topological polar surface area (TPSA) is 70.0 Å². The van der Waals surface area contributed by atoms with E-state index in [0.717, 1.165) is 11.2 Å². The first-order chi connectivity index (χ1) is 8.00. The molecule has 88 valence electrons. The van der Waals surface area contributed by atoms with Crippen molar-refractivity contribution in [1.29, 1.82) is 0 Å². The minimum absolute atomic E-state index is 0.269. The number of carbonyl (C=O) groups is 2. The Labute approximate surface area is 106 Å². The second-order valence-corrected chi connectivity index (χ2v) is 4.14. The number of carbonyl (C=O) groups excluding carboxylic acids is 1. The van der Waals surface area contributed by atoms with Crippen LogP contribution in [0, 0.1) is 5.92 Å². The summed E-state index contributed by atoms with van der Waals surface area (Å²) >= 11 is 11.5. The number of aliphatic carboxylic acids is 1. The zero-order valence-corrected chi connectivity index (χ0v) is 9.81. The van der Waals surface area contributed by atoms with E-state index in [0.29, 0.717) is 10.7 Å². The fourth-order valence-corrected chi connectivity index (χ4v) is 1.66. The van der Waals surface area contributed by atoms with Gasteiger partial charge in [-0.3, -0.25) is 9.59 Å². The lowest BCUT2D eigenvalue weighted by molar-refractivity contribution is -0.142. The molecule has 1 N–H and O–H groups in total. The van der Waals surface area contributed by atoms with Crippen LogP contribution in [0.1, 0.15) is 0 Å². The standard InChI is InChI=1S/C10H6Cl2N2O3/c11-7-2-1-5(3-8(7)12)14-9(15)6(4-13-14)10(16)17/h1-4,6H,(H,16,17). The maximum absolute atomic E-state index is 11.7. The summed E-state index contributed by atoms with van der Waals surface area (Å²) in [5.74, 6) is -3.11. The average Bonchev–Trinajstić information content (AvgIpc) is 2.64. The largest absolute Gasteiger partial charge is 0.480 e. The molecule has 7 heteroatoms. The molecule has 0 aliphatic carbocycles. The van der Waals surface area contributed by atoms with Gasteiger partial charge < -0.3 is 5.11 Å². The lowest BCUT2D eigenvalue weighted by Gasteiger charge is -2.13. The smallest absolute Gasteiger partial charge is 0.321 e. The van der Waals surface area contributed by atoms with Crippen LogP contribution < -0.4 is 5.01 Å². The van der Waals surface area contributed by atoms with Gasteiger partial charge in [0, 0.05) is 6.21 Å². The molecular formula is C10H6Cl2N2O3. The number of carboxylic acid groups (broad SMARTS) is 1. The Hall–Kier alpha value is -1.59. The van der Waals surface area contributed by atoms with Gasteiger partial charge in [0.1, 0.15) is 0 Å². The van der Waals surface area contributed by atoms with Crippen LogP contribution in [0.4, 0.5) is 5.69 Å². The number of hydrazone groups is 1. The summed E-state index contributed by atoms with van der Waals surface area (Å²) in [5.41, 5.74) is 0.379. The second-order valence-electron chi connectivity index (χ2n) is 3.33. The van der Waals surface area contributed by atoms with Crippen molar-refractivity contribution in [1.82, 2.24) is 0 Å². The van der Waals surface area contributed by atoms with Crippen LogP contribution in [0.3, 0.4) is 0 Å². The summed E-state index contributed by atoms with van der Waals surface area (Å²) in [6.07, 6.45) is 1.08. The van der Waals surface area contributed by atoms with E-state index in [1.165, 1.54) is 18.2 Å². The third-order valence-corrected chi connectivity index (χ3v) is 2.96. The number of hydrogen-bond acceptors (Lipinski definition) is 3. The summed E-state index contributed by atoms with van der Waals surface area (Å²) in [5, 5.41) is 14.1. The fourth-order valence-electron chi connectivity index (χ4n) is 1.37. The van der Waals surface area contributed by atoms with Crippen molar-refractivity contribution in [2.45, 2.75) is 0 Å². The highest BCUT2D eigenvalue weighted by Crippen LogP contribution is 2.29. The van der Waals surface area contributed by atoms with Crippen LogP contribution in [0.15, 0.2) is 23.3 Å². The number of benzene rings is 1. The van der Waals surface area contributed by atoms with Crippen LogP contribution in [-0.4, -0.2) is 23.2 Å². The van der Waals surface area contributed by atoms with Crippen molar-refractivity contribution in [2.75, 3.05) is 5.01 Å². The highest BCUT2D eigenvalue weighted by atomic mass is 35.5. The van der Waals surface area contributed by atoms with E-state index < -0.39 is 17.8 Å². The van der Waals surface area contributed by atoms with Gasteiger partial charge in [0.25, 0.3) is 5.91 Å². The highest BCUT2D eigenvalue weighted by Gasteiger charge is 2.35. The molecular weight excluding hydrogens is 267 g/mol. The van der Waals surface area contributed by atoms with Gasteiger partial charge in [0.15, 0.2) is 5.92 Å². The molecule has 1 aliphatic rings. The van der Waals surface area contributed by atoms with Crippen molar-refractivity contribution in [3.8, 4) is 0 Å². The van der Waals surface area contributed by atoms with Crippen LogP contribution in [0.2, 0.25) is 10.0 Å². The van der Waals surface area contributed by atoms with Gasteiger partial charge in [-0.1, -0.05) is 23.2 Å². The maximum Gasteiger partial charge on any atom is 0.321 e. The van der Waals surface area contributed by atoms with Crippen molar-refractivity contribution >= 4 is 47.0 Å². The van der Waals surface area contributed by atoms with Crippen molar-refractivity contribution in [2.24, 2.45) is 11.0 Å². The molecule has 5 nitrogen and oxygen atoms in total. The molecule has 1 aliphatic heterocycles. The van der Waals surface area contributed by atoms with Crippen molar-refractivity contribution in [3.63, 3.8) is 0 Å². The Morgan fingerprint density at radius 1 is 1.35 bits per heavy atom. The molecule has 0 saturated heterocycles. The Kier molecular flexibility index (Phi) is 3.04. The summed E-state index contributed by atoms with van der Waals surface area (Å²) in [6.45, 7) is 0. The number of halogens is 2. The number of amides is 1. The average molecular weight is 273 g/mol. The highest BCUT2D eigenvalue weighted by molar-refractivity contribution is 6.42. The van der Waals surface area contributed by atoms with Crippen LogP contribution in [0.25, 0.3) is 0 Å². The number of anilines is 1. The third-order valence-electron chi connectivity index (χ3n) is 2.22. The number of hydrogen-bond donors (Lipinski definition) is 1. The van der Waals surface area contributed by atoms with Gasteiger partial charge in [-0.2, -0.15) is 10.1 Å². The molecule has 0 radical (unpaired) electrons. The lowest BCUT2D eigenvalue weighted by atomic mass is 10.1. The van der Waals surface area contributed by atoms with Gasteiger partial charge in [0.2, 0.25) is 0 Å². The van der Waals surface area contributed by atoms with Crippen LogP contribution >= 0.6 is 23.2 Å². The Morgan fingerprint density at radius 3 is 2.59 bits per heavy atom. The Bertz CT molecular complexity index is 530. The molecule has 17 heavy (non-hydrogen) atoms. The van der Waals surface area contributed by atoms with Gasteiger partial charge in [0.05, 0.1) is 15.7 Å². The summed E-state index contributed by atoms with van der Waals surface area (Å²) in [6, 6.07) is 4.49. The normalized spacial score (nSPS) is 18.8. The zero-order chi connectivity index (χ0) is 12.6. The van der Waals surface area contributed by atoms with Crippen molar-refractivity contribution < 1.29 is 14.7 Å². The number of carboxylic acids is 1. The van der Waals surface area contributed by atoms with E-state index in [1.807, 2.05) is 0 Å². The van der Waals surface area contributed by atoms with Crippen molar-refractivity contribution in [3.05, 3.63) is 28.2 Å². The minimum Gasteiger partial charge on any atom is -0.480 e. The number of rotatable bonds is 2. The quantitative estimate of drug-likeness (QED) is 0.838. The fraction of sp³-hybridized carbons (Fsp3) is 0.100. The predicted molar refractivity (Wildman–Crippen MR) is 63.6 cm³/mol. The predicted octanol–water partition coefficient (Wildman–Crippen LogP) is 2.03. The number of nitrogens with zero attached hydrogens (tertiary/aromatic N) is 2. The first kappa shape index (κ1) is 11.9. The first-order valence-electron chi connectivity index (χ1n) is 4.56. The molecule has 0 aromatic heterocycles. The van der Waals surface area contributed by atoms with E-state index in [4.69, 9.17) is 28.3 Å². The first-order valence-corrected chi connectivity index (χ1v) is 5.32. The molecule has 0 fully saturated rings. The van der Waals surface area contributed by atoms with Crippen LogP contribution in [0.5, 0.6) is 0 Å². The summed E-state index contributed by atoms with van der Waals surface area (Å²) in [7, 11) is 0. The third kappa shape index (κ3) is 2.11. The molecule has 1 amide bonds. The zero-order valence-electron chi connectivity index (χ0n) is 8.30. The maximum atomic E-state index is 11.7. The van der Waals surface area contributed by atoms with Crippen LogP contribution in [-0.2, 0) is 9.59 Å². The monoisotopic (exact) mass is 272 g/mol. The molecule has 1 aromatic rings. The Balaban J connectivity index is 2.31. The van der Waals surface area contributed by atoms with Gasteiger partial charge >= 0.3 is 5.97 Å². The molecule has 1 aromatic carbocycles. The molecule has 1 unspecified atom stereocenters. The molecule has 0 spiro atoms. The summed E-state index contributed by atoms with van der Waals surface area (Å²) in [4.78, 5) is 22.4. The van der Waals surface area contributed by atoms with Gasteiger partial charge in [-0.25, -0.2) is 0 Å². The van der Waals surface area contributed by atoms with Gasteiger partial charge in [-0.15, -0.1) is 0 Å². The second kappa shape index (κ2) is 4.35. The van der Waals surface area contributed by atoms with Gasteiger partial charge in [-0.05, 0) is 18.2 Å². The van der Waals surface area contributed by atoms with E-state index >= 15 is 0 Å². The molecule has 0 saturated carbocycles. The Morgan fingerprint density at radius 2 is 2.06 bits per heavy atom. The SMILES string of the molecule is O=C(O)C1C=NN(c2ccc(Cl)c(Cl)c2)C1=O. The van der Waals surface area contributed by atoms with E-state index in [9.17, 15) is 9.59 Å². The summed E-state index contributed by atoms with van der Waals surface area (Å²) < 4.78 is 0. The lowest BCUT2D eigenvalue weighted by Crippen LogP contribution is -2.30.